The average Bonchev–Trinajstić information content (AvgIpc) is 2.76. The lowest BCUT2D eigenvalue weighted by molar-refractivity contribution is -0.137. The van der Waals surface area contributed by atoms with E-state index in [2.05, 4.69) is 10.3 Å². The van der Waals surface area contributed by atoms with Crippen LogP contribution in [0, 0.1) is 0 Å². The molecule has 0 bridgehead atoms. The Labute approximate surface area is 100 Å². The highest BCUT2D eigenvalue weighted by Gasteiger charge is 2.29. The molecule has 1 aromatic carbocycles. The lowest BCUT2D eigenvalue weighted by atomic mass is 10.1. The number of rotatable bonds is 2. The second-order valence-electron chi connectivity index (χ2n) is 3.36. The molecule has 2 rings (SSSR count). The summed E-state index contributed by atoms with van der Waals surface area (Å²) in [5.41, 5.74) is 0.703. The van der Waals surface area contributed by atoms with E-state index in [0.29, 0.717) is 11.3 Å². The molecule has 17 heavy (non-hydrogen) atoms. The zero-order valence-electron chi connectivity index (χ0n) is 8.88. The molecule has 6 heteroatoms. The maximum Gasteiger partial charge on any atom is 0.416 e. The van der Waals surface area contributed by atoms with E-state index in [0.717, 1.165) is 17.3 Å². The highest BCUT2D eigenvalue weighted by atomic mass is 32.1. The van der Waals surface area contributed by atoms with Crippen LogP contribution in [0.4, 0.5) is 18.3 Å². The van der Waals surface area contributed by atoms with Crippen molar-refractivity contribution in [3.8, 4) is 11.3 Å². The normalized spacial score (nSPS) is 11.5. The van der Waals surface area contributed by atoms with Gasteiger partial charge in [0.1, 0.15) is 0 Å². The van der Waals surface area contributed by atoms with Crippen molar-refractivity contribution >= 4 is 16.5 Å². The molecule has 2 aromatic rings. The van der Waals surface area contributed by atoms with Crippen LogP contribution in [0.5, 0.6) is 0 Å². The average molecular weight is 258 g/mol. The number of nitrogens with zero attached hydrogens (tertiary/aromatic N) is 1. The van der Waals surface area contributed by atoms with Crippen molar-refractivity contribution in [2.45, 2.75) is 6.18 Å². The largest absolute Gasteiger partial charge is 0.416 e. The first-order valence-electron chi connectivity index (χ1n) is 4.81. The lowest BCUT2D eigenvalue weighted by Crippen LogP contribution is -2.03. The van der Waals surface area contributed by atoms with Gasteiger partial charge in [-0.15, -0.1) is 11.3 Å². The summed E-state index contributed by atoms with van der Waals surface area (Å²) in [6.07, 6.45) is -4.29. The van der Waals surface area contributed by atoms with E-state index in [9.17, 15) is 13.2 Å². The van der Waals surface area contributed by atoms with Gasteiger partial charge in [0.25, 0.3) is 0 Å². The van der Waals surface area contributed by atoms with Crippen LogP contribution in [0.25, 0.3) is 11.3 Å². The number of aromatic nitrogens is 1. The summed E-state index contributed by atoms with van der Waals surface area (Å²) in [5, 5.41) is 5.42. The molecular formula is C11H9F3N2S. The number of alkyl halides is 3. The van der Waals surface area contributed by atoms with E-state index < -0.39 is 11.7 Å². The highest BCUT2D eigenvalue weighted by molar-refractivity contribution is 7.14. The Bertz CT molecular complexity index is 502. The van der Waals surface area contributed by atoms with Gasteiger partial charge < -0.3 is 5.32 Å². The zero-order valence-corrected chi connectivity index (χ0v) is 9.69. The molecule has 0 aliphatic rings. The summed E-state index contributed by atoms with van der Waals surface area (Å²) in [6.45, 7) is 0. The van der Waals surface area contributed by atoms with Crippen LogP contribution >= 0.6 is 11.3 Å². The molecule has 90 valence electrons. The van der Waals surface area contributed by atoms with Crippen molar-refractivity contribution in [1.29, 1.82) is 0 Å². The molecule has 0 radical (unpaired) electrons. The first-order chi connectivity index (χ1) is 8.00. The Morgan fingerprint density at radius 2 is 1.82 bits per heavy atom. The number of hydrogen-bond acceptors (Lipinski definition) is 3. The van der Waals surface area contributed by atoms with E-state index in [4.69, 9.17) is 0 Å². The van der Waals surface area contributed by atoms with Crippen LogP contribution in [0.1, 0.15) is 5.56 Å². The van der Waals surface area contributed by atoms with Gasteiger partial charge in [-0.05, 0) is 12.1 Å². The van der Waals surface area contributed by atoms with Crippen molar-refractivity contribution in [2.24, 2.45) is 0 Å². The molecule has 0 fully saturated rings. The molecular weight excluding hydrogens is 249 g/mol. The van der Waals surface area contributed by atoms with Gasteiger partial charge in [0.2, 0.25) is 0 Å². The summed E-state index contributed by atoms with van der Waals surface area (Å²) in [5.74, 6) is 0. The van der Waals surface area contributed by atoms with E-state index in [-0.39, 0.29) is 0 Å². The predicted molar refractivity (Wildman–Crippen MR) is 62.1 cm³/mol. The van der Waals surface area contributed by atoms with E-state index in [1.54, 1.807) is 12.4 Å². The fourth-order valence-corrected chi connectivity index (χ4v) is 2.03. The summed E-state index contributed by atoms with van der Waals surface area (Å²) < 4.78 is 37.1. The summed E-state index contributed by atoms with van der Waals surface area (Å²) >= 11 is 1.41. The van der Waals surface area contributed by atoms with Crippen LogP contribution < -0.4 is 5.32 Å². The molecule has 0 saturated carbocycles. The molecule has 2 nitrogen and oxygen atoms in total. The number of hydrogen-bond donors (Lipinski definition) is 1. The molecule has 0 amide bonds. The second kappa shape index (κ2) is 4.37. The van der Waals surface area contributed by atoms with Gasteiger partial charge in [0.15, 0.2) is 5.13 Å². The van der Waals surface area contributed by atoms with Gasteiger partial charge in [0.05, 0.1) is 11.3 Å². The number of anilines is 1. The third kappa shape index (κ3) is 2.58. The van der Waals surface area contributed by atoms with Gasteiger partial charge in [-0.1, -0.05) is 12.1 Å². The smallest absolute Gasteiger partial charge is 0.365 e. The molecule has 0 aliphatic carbocycles. The number of thiazole rings is 1. The fraction of sp³-hybridized carbons (Fsp3) is 0.182. The Morgan fingerprint density at radius 1 is 1.18 bits per heavy atom. The summed E-state index contributed by atoms with van der Waals surface area (Å²) in [7, 11) is 1.75. The van der Waals surface area contributed by atoms with Crippen LogP contribution in [-0.2, 0) is 6.18 Å². The maximum absolute atomic E-state index is 12.4. The van der Waals surface area contributed by atoms with E-state index in [1.165, 1.54) is 23.5 Å². The van der Waals surface area contributed by atoms with Crippen LogP contribution in [-0.4, -0.2) is 12.0 Å². The van der Waals surface area contributed by atoms with Gasteiger partial charge in [-0.3, -0.25) is 0 Å². The van der Waals surface area contributed by atoms with Crippen LogP contribution in [0.2, 0.25) is 0 Å². The van der Waals surface area contributed by atoms with Gasteiger partial charge >= 0.3 is 6.18 Å². The molecule has 0 unspecified atom stereocenters. The highest BCUT2D eigenvalue weighted by Crippen LogP contribution is 2.31. The molecule has 0 atom stereocenters. The number of nitrogens with one attached hydrogen (secondary N) is 1. The lowest BCUT2D eigenvalue weighted by Gasteiger charge is -2.06. The molecule has 0 saturated heterocycles. The van der Waals surface area contributed by atoms with E-state index in [1.807, 2.05) is 0 Å². The van der Waals surface area contributed by atoms with Crippen molar-refractivity contribution < 1.29 is 13.2 Å². The molecule has 1 N–H and O–H groups in total. The second-order valence-corrected chi connectivity index (χ2v) is 4.22. The Balaban J connectivity index is 2.29. The topological polar surface area (TPSA) is 24.9 Å². The first-order valence-corrected chi connectivity index (χ1v) is 5.69. The zero-order chi connectivity index (χ0) is 12.5. The Hall–Kier alpha value is -1.56. The minimum atomic E-state index is -4.29. The standard InChI is InChI=1S/C11H9F3N2S/c1-15-10-16-9(6-17-10)7-2-4-8(5-3-7)11(12,13)14/h2-6H,1H3,(H,15,16). The third-order valence-corrected chi connectivity index (χ3v) is 3.09. The van der Waals surface area contributed by atoms with Crippen LogP contribution in [0.3, 0.4) is 0 Å². The van der Waals surface area contributed by atoms with Crippen molar-refractivity contribution in [1.82, 2.24) is 4.98 Å². The van der Waals surface area contributed by atoms with Gasteiger partial charge in [0, 0.05) is 18.0 Å². The predicted octanol–water partition coefficient (Wildman–Crippen LogP) is 3.87. The minimum Gasteiger partial charge on any atom is -0.365 e. The van der Waals surface area contributed by atoms with Crippen molar-refractivity contribution in [3.05, 3.63) is 35.2 Å². The van der Waals surface area contributed by atoms with Crippen LogP contribution in [0.15, 0.2) is 29.6 Å². The monoisotopic (exact) mass is 258 g/mol. The number of halogens is 3. The molecule has 1 heterocycles. The summed E-state index contributed by atoms with van der Waals surface area (Å²) in [6, 6.07) is 4.98. The molecule has 1 aromatic heterocycles. The van der Waals surface area contributed by atoms with Gasteiger partial charge in [-0.2, -0.15) is 13.2 Å². The van der Waals surface area contributed by atoms with Crippen molar-refractivity contribution in [2.75, 3.05) is 12.4 Å². The summed E-state index contributed by atoms with van der Waals surface area (Å²) in [4.78, 5) is 4.22. The quantitative estimate of drug-likeness (QED) is 0.884. The first kappa shape index (κ1) is 11.9. The maximum atomic E-state index is 12.4. The molecule has 0 aliphatic heterocycles. The number of benzene rings is 1. The Kier molecular flexibility index (Phi) is 3.06. The van der Waals surface area contributed by atoms with Gasteiger partial charge in [-0.25, -0.2) is 4.98 Å². The third-order valence-electron chi connectivity index (χ3n) is 2.23. The van der Waals surface area contributed by atoms with E-state index >= 15 is 0 Å². The minimum absolute atomic E-state index is 0.648. The fourth-order valence-electron chi connectivity index (χ4n) is 1.35. The Morgan fingerprint density at radius 3 is 2.29 bits per heavy atom. The SMILES string of the molecule is CNc1nc(-c2ccc(C(F)(F)F)cc2)cs1. The van der Waals surface area contributed by atoms with Crippen molar-refractivity contribution in [3.63, 3.8) is 0 Å². The molecule has 0 spiro atoms.